The minimum Gasteiger partial charge on any atom is -0.323 e. The number of hydrogen-bond donors (Lipinski definition) is 1. The van der Waals surface area contributed by atoms with Crippen LogP contribution in [0.1, 0.15) is 56.3 Å². The third kappa shape index (κ3) is 2.51. The number of nitrogens with zero attached hydrogens (tertiary/aromatic N) is 1. The highest BCUT2D eigenvalue weighted by atomic mass is 32.1. The number of aromatic nitrogens is 1. The highest BCUT2D eigenvalue weighted by Gasteiger charge is 2.11. The topological polar surface area (TPSA) is 38.9 Å². The summed E-state index contributed by atoms with van der Waals surface area (Å²) in [6.45, 7) is 6.48. The highest BCUT2D eigenvalue weighted by Crippen LogP contribution is 2.25. The van der Waals surface area contributed by atoms with Gasteiger partial charge in [-0.25, -0.2) is 4.98 Å². The van der Waals surface area contributed by atoms with Crippen LogP contribution in [-0.4, -0.2) is 4.98 Å². The Hall–Kier alpha value is -0.410. The summed E-state index contributed by atoms with van der Waals surface area (Å²) in [6.07, 6.45) is 2.11. The molecule has 3 heteroatoms. The molecule has 1 heterocycles. The molecule has 0 saturated heterocycles. The van der Waals surface area contributed by atoms with E-state index in [9.17, 15) is 0 Å². The molecule has 2 unspecified atom stereocenters. The van der Waals surface area contributed by atoms with Gasteiger partial charge < -0.3 is 5.73 Å². The molecule has 1 rings (SSSR count). The molecule has 1 aromatic rings. The van der Waals surface area contributed by atoms with Gasteiger partial charge in [-0.1, -0.05) is 20.8 Å². The van der Waals surface area contributed by atoms with Gasteiger partial charge in [0.05, 0.1) is 10.7 Å². The fourth-order valence-corrected chi connectivity index (χ4v) is 2.11. The lowest BCUT2D eigenvalue weighted by molar-refractivity contribution is 0.663. The van der Waals surface area contributed by atoms with E-state index in [4.69, 9.17) is 5.73 Å². The second-order valence-corrected chi connectivity index (χ2v) is 4.32. The highest BCUT2D eigenvalue weighted by molar-refractivity contribution is 7.09. The van der Waals surface area contributed by atoms with Gasteiger partial charge in [0.2, 0.25) is 0 Å². The van der Waals surface area contributed by atoms with Gasteiger partial charge in [0.15, 0.2) is 0 Å². The lowest BCUT2D eigenvalue weighted by atomic mass is 10.1. The SMILES string of the molecule is CCC(C)c1nc(C(N)CC)cs1. The average molecular weight is 198 g/mol. The van der Waals surface area contributed by atoms with E-state index in [1.165, 1.54) is 5.01 Å². The van der Waals surface area contributed by atoms with Crippen LogP contribution in [0, 0.1) is 0 Å². The Morgan fingerprint density at radius 1 is 1.46 bits per heavy atom. The van der Waals surface area contributed by atoms with Gasteiger partial charge in [-0.15, -0.1) is 11.3 Å². The molecule has 0 aromatic carbocycles. The second kappa shape index (κ2) is 4.72. The van der Waals surface area contributed by atoms with Gasteiger partial charge in [-0.3, -0.25) is 0 Å². The van der Waals surface area contributed by atoms with Gasteiger partial charge in [0, 0.05) is 17.3 Å². The largest absolute Gasteiger partial charge is 0.323 e. The molecule has 0 fully saturated rings. The molecule has 0 aliphatic carbocycles. The maximum absolute atomic E-state index is 5.89. The van der Waals surface area contributed by atoms with Crippen molar-refractivity contribution in [2.45, 2.75) is 45.6 Å². The maximum atomic E-state index is 5.89. The van der Waals surface area contributed by atoms with E-state index in [2.05, 4.69) is 31.1 Å². The van der Waals surface area contributed by atoms with Crippen molar-refractivity contribution in [2.75, 3.05) is 0 Å². The molecule has 0 saturated carbocycles. The quantitative estimate of drug-likeness (QED) is 0.807. The number of hydrogen-bond acceptors (Lipinski definition) is 3. The van der Waals surface area contributed by atoms with Crippen LogP contribution in [0.4, 0.5) is 0 Å². The Morgan fingerprint density at radius 2 is 2.15 bits per heavy atom. The smallest absolute Gasteiger partial charge is 0.0957 e. The second-order valence-electron chi connectivity index (χ2n) is 3.43. The molecular weight excluding hydrogens is 180 g/mol. The summed E-state index contributed by atoms with van der Waals surface area (Å²) in [4.78, 5) is 4.55. The van der Waals surface area contributed by atoms with E-state index in [1.807, 2.05) is 0 Å². The Kier molecular flexibility index (Phi) is 3.88. The summed E-state index contributed by atoms with van der Waals surface area (Å²) in [5.41, 5.74) is 6.95. The number of nitrogens with two attached hydrogens (primary N) is 1. The lowest BCUT2D eigenvalue weighted by Gasteiger charge is -2.05. The Balaban J connectivity index is 2.74. The minimum atomic E-state index is 0.119. The van der Waals surface area contributed by atoms with Crippen LogP contribution in [0.15, 0.2) is 5.38 Å². The molecule has 13 heavy (non-hydrogen) atoms. The molecule has 0 radical (unpaired) electrons. The zero-order chi connectivity index (χ0) is 9.84. The summed E-state index contributed by atoms with van der Waals surface area (Å²) in [7, 11) is 0. The molecule has 2 nitrogen and oxygen atoms in total. The van der Waals surface area contributed by atoms with Gasteiger partial charge in [-0.05, 0) is 12.8 Å². The van der Waals surface area contributed by atoms with E-state index in [0.29, 0.717) is 5.92 Å². The molecule has 74 valence electrons. The molecule has 1 aromatic heterocycles. The van der Waals surface area contributed by atoms with E-state index in [-0.39, 0.29) is 6.04 Å². The Labute approximate surface area is 84.2 Å². The molecule has 0 spiro atoms. The molecule has 0 aliphatic rings. The van der Waals surface area contributed by atoms with Crippen LogP contribution >= 0.6 is 11.3 Å². The van der Waals surface area contributed by atoms with Crippen molar-refractivity contribution in [3.8, 4) is 0 Å². The van der Waals surface area contributed by atoms with Crippen LogP contribution in [0.25, 0.3) is 0 Å². The first-order valence-corrected chi connectivity index (χ1v) is 5.77. The van der Waals surface area contributed by atoms with Crippen LogP contribution in [0.3, 0.4) is 0 Å². The van der Waals surface area contributed by atoms with Crippen LogP contribution < -0.4 is 5.73 Å². The first-order valence-electron chi connectivity index (χ1n) is 4.89. The van der Waals surface area contributed by atoms with Crippen molar-refractivity contribution in [3.63, 3.8) is 0 Å². The molecular formula is C10H18N2S. The minimum absolute atomic E-state index is 0.119. The van der Waals surface area contributed by atoms with E-state index in [0.717, 1.165) is 18.5 Å². The zero-order valence-corrected chi connectivity index (χ0v) is 9.40. The molecule has 2 atom stereocenters. The Bertz CT molecular complexity index is 233. The van der Waals surface area contributed by atoms with Gasteiger partial charge in [0.1, 0.15) is 0 Å². The summed E-state index contributed by atoms with van der Waals surface area (Å²) in [5.74, 6) is 0.572. The van der Waals surface area contributed by atoms with Crippen molar-refractivity contribution < 1.29 is 0 Å². The summed E-state index contributed by atoms with van der Waals surface area (Å²) in [5, 5.41) is 3.32. The molecule has 0 aliphatic heterocycles. The monoisotopic (exact) mass is 198 g/mol. The van der Waals surface area contributed by atoms with E-state index < -0.39 is 0 Å². The van der Waals surface area contributed by atoms with Crippen LogP contribution in [0.5, 0.6) is 0 Å². The fraction of sp³-hybridized carbons (Fsp3) is 0.700. The summed E-state index contributed by atoms with van der Waals surface area (Å²) >= 11 is 1.73. The van der Waals surface area contributed by atoms with Crippen LogP contribution in [-0.2, 0) is 0 Å². The maximum Gasteiger partial charge on any atom is 0.0957 e. The third-order valence-electron chi connectivity index (χ3n) is 2.39. The number of thiazole rings is 1. The van der Waals surface area contributed by atoms with E-state index in [1.54, 1.807) is 11.3 Å². The van der Waals surface area contributed by atoms with Crippen molar-refractivity contribution >= 4 is 11.3 Å². The average Bonchev–Trinajstić information content (AvgIpc) is 2.64. The molecule has 0 amide bonds. The molecule has 0 bridgehead atoms. The van der Waals surface area contributed by atoms with Crippen molar-refractivity contribution in [3.05, 3.63) is 16.1 Å². The van der Waals surface area contributed by atoms with E-state index >= 15 is 0 Å². The first kappa shape index (κ1) is 10.7. The summed E-state index contributed by atoms with van der Waals surface area (Å²) in [6, 6.07) is 0.119. The predicted octanol–water partition coefficient (Wildman–Crippen LogP) is 3.07. The van der Waals surface area contributed by atoms with Crippen molar-refractivity contribution in [1.82, 2.24) is 4.98 Å². The molecule has 2 N–H and O–H groups in total. The predicted molar refractivity (Wildman–Crippen MR) is 58.0 cm³/mol. The fourth-order valence-electron chi connectivity index (χ4n) is 1.08. The van der Waals surface area contributed by atoms with Gasteiger partial charge >= 0.3 is 0 Å². The van der Waals surface area contributed by atoms with Crippen molar-refractivity contribution in [2.24, 2.45) is 5.73 Å². The number of rotatable bonds is 4. The van der Waals surface area contributed by atoms with Crippen molar-refractivity contribution in [1.29, 1.82) is 0 Å². The Morgan fingerprint density at radius 3 is 2.69 bits per heavy atom. The zero-order valence-electron chi connectivity index (χ0n) is 8.58. The third-order valence-corrected chi connectivity index (χ3v) is 3.49. The standard InChI is InChI=1S/C10H18N2S/c1-4-7(3)10-12-9(6-13-10)8(11)5-2/h6-8H,4-5,11H2,1-3H3. The summed E-state index contributed by atoms with van der Waals surface area (Å²) < 4.78 is 0. The van der Waals surface area contributed by atoms with Crippen LogP contribution in [0.2, 0.25) is 0 Å². The normalized spacial score (nSPS) is 15.7. The lowest BCUT2D eigenvalue weighted by Crippen LogP contribution is -2.09. The first-order chi connectivity index (χ1) is 6.19. The van der Waals surface area contributed by atoms with Gasteiger partial charge in [-0.2, -0.15) is 0 Å². The van der Waals surface area contributed by atoms with Gasteiger partial charge in [0.25, 0.3) is 0 Å².